The van der Waals surface area contributed by atoms with Crippen LogP contribution >= 0.6 is 27.7 Å². The molecule has 0 saturated heterocycles. The Morgan fingerprint density at radius 3 is 2.44 bits per heavy atom. The maximum Gasteiger partial charge on any atom is 0.101 e. The van der Waals surface area contributed by atoms with E-state index in [0.717, 1.165) is 9.50 Å². The van der Waals surface area contributed by atoms with Gasteiger partial charge in [-0.2, -0.15) is 0 Å². The number of hydrogen-bond donors (Lipinski definition) is 0. The van der Waals surface area contributed by atoms with Crippen molar-refractivity contribution >= 4 is 27.7 Å². The number of pyridine rings is 1. The summed E-state index contributed by atoms with van der Waals surface area (Å²) in [5.41, 5.74) is 2.49. The van der Waals surface area contributed by atoms with Gasteiger partial charge in [-0.3, -0.25) is 0 Å². The van der Waals surface area contributed by atoms with Crippen LogP contribution in [0.1, 0.15) is 11.1 Å². The molecule has 1 aromatic heterocycles. The Morgan fingerprint density at radius 1 is 1.12 bits per heavy atom. The molecule has 2 rings (SSSR count). The Bertz CT molecular complexity index is 494. The molecule has 0 saturated carbocycles. The number of aromatic nitrogens is 1. The molecule has 3 heteroatoms. The Labute approximate surface area is 108 Å². The highest BCUT2D eigenvalue weighted by Crippen LogP contribution is 2.28. The molecule has 0 aliphatic heterocycles. The fraction of sp³-hybridized carbons (Fsp3) is 0.154. The van der Waals surface area contributed by atoms with Crippen molar-refractivity contribution in [2.24, 2.45) is 0 Å². The first kappa shape index (κ1) is 11.7. The van der Waals surface area contributed by atoms with Crippen molar-refractivity contribution in [2.75, 3.05) is 0 Å². The van der Waals surface area contributed by atoms with Crippen LogP contribution in [0, 0.1) is 13.8 Å². The fourth-order valence-electron chi connectivity index (χ4n) is 1.30. The molecule has 0 amide bonds. The van der Waals surface area contributed by atoms with Gasteiger partial charge in [-0.25, -0.2) is 4.98 Å². The molecule has 0 atom stereocenters. The third-order valence-electron chi connectivity index (χ3n) is 2.27. The second kappa shape index (κ2) is 5.02. The minimum atomic E-state index is 1.03. The summed E-state index contributed by atoms with van der Waals surface area (Å²) < 4.78 is 1.06. The fourth-order valence-corrected chi connectivity index (χ4v) is 2.37. The van der Waals surface area contributed by atoms with Gasteiger partial charge in [0.2, 0.25) is 0 Å². The van der Waals surface area contributed by atoms with E-state index in [-0.39, 0.29) is 0 Å². The van der Waals surface area contributed by atoms with Gasteiger partial charge in [0.25, 0.3) is 0 Å². The summed E-state index contributed by atoms with van der Waals surface area (Å²) in [6.07, 6.45) is 1.85. The third-order valence-corrected chi connectivity index (χ3v) is 4.04. The Hall–Kier alpha value is -0.800. The van der Waals surface area contributed by atoms with Gasteiger partial charge in [0, 0.05) is 15.6 Å². The van der Waals surface area contributed by atoms with Gasteiger partial charge in [-0.1, -0.05) is 29.5 Å². The lowest BCUT2D eigenvalue weighted by molar-refractivity contribution is 1.10. The maximum atomic E-state index is 4.37. The standard InChI is InChI=1S/C13H12BrNS/c1-9-3-5-11(6-4-9)16-13-7-10(2)12(14)8-15-13/h3-8H,1-2H3. The molecule has 1 aromatic carbocycles. The average Bonchev–Trinajstić information content (AvgIpc) is 2.27. The molecule has 0 unspecified atom stereocenters. The van der Waals surface area contributed by atoms with E-state index in [4.69, 9.17) is 0 Å². The molecule has 82 valence electrons. The van der Waals surface area contributed by atoms with E-state index in [0.29, 0.717) is 0 Å². The van der Waals surface area contributed by atoms with Crippen LogP contribution in [-0.2, 0) is 0 Å². The molecule has 0 N–H and O–H groups in total. The van der Waals surface area contributed by atoms with E-state index >= 15 is 0 Å². The quantitative estimate of drug-likeness (QED) is 0.802. The molecule has 2 aromatic rings. The summed E-state index contributed by atoms with van der Waals surface area (Å²) in [4.78, 5) is 5.59. The normalized spacial score (nSPS) is 10.4. The number of aryl methyl sites for hydroxylation is 2. The summed E-state index contributed by atoms with van der Waals surface area (Å²) in [5, 5.41) is 1.03. The van der Waals surface area contributed by atoms with Crippen molar-refractivity contribution in [1.82, 2.24) is 4.98 Å². The second-order valence-corrected chi connectivity index (χ2v) is 5.63. The van der Waals surface area contributed by atoms with Crippen LogP contribution in [0.4, 0.5) is 0 Å². The number of rotatable bonds is 2. The third kappa shape index (κ3) is 2.86. The van der Waals surface area contributed by atoms with Gasteiger partial charge in [-0.15, -0.1) is 0 Å². The summed E-state index contributed by atoms with van der Waals surface area (Å²) >= 11 is 5.14. The van der Waals surface area contributed by atoms with Crippen molar-refractivity contribution in [3.63, 3.8) is 0 Å². The SMILES string of the molecule is Cc1ccc(Sc2cc(C)c(Br)cn2)cc1. The molecule has 0 aliphatic rings. The molecule has 0 aliphatic carbocycles. The van der Waals surface area contributed by atoms with Crippen LogP contribution < -0.4 is 0 Å². The number of hydrogen-bond acceptors (Lipinski definition) is 2. The van der Waals surface area contributed by atoms with Crippen LogP contribution in [-0.4, -0.2) is 4.98 Å². The van der Waals surface area contributed by atoms with Gasteiger partial charge in [0.15, 0.2) is 0 Å². The van der Waals surface area contributed by atoms with E-state index in [2.05, 4.69) is 65.1 Å². The zero-order valence-electron chi connectivity index (χ0n) is 9.20. The molecular weight excluding hydrogens is 282 g/mol. The van der Waals surface area contributed by atoms with Gasteiger partial charge in [-0.05, 0) is 53.5 Å². The molecular formula is C13H12BrNS. The van der Waals surface area contributed by atoms with Gasteiger partial charge < -0.3 is 0 Å². The lowest BCUT2D eigenvalue weighted by Crippen LogP contribution is -1.83. The Balaban J connectivity index is 2.20. The first-order valence-electron chi connectivity index (χ1n) is 5.02. The second-order valence-electron chi connectivity index (χ2n) is 3.69. The first-order valence-corrected chi connectivity index (χ1v) is 6.63. The molecule has 0 radical (unpaired) electrons. The minimum absolute atomic E-state index is 1.03. The topological polar surface area (TPSA) is 12.9 Å². The molecule has 0 spiro atoms. The zero-order valence-corrected chi connectivity index (χ0v) is 11.6. The van der Waals surface area contributed by atoms with E-state index in [1.807, 2.05) is 6.20 Å². The van der Waals surface area contributed by atoms with Gasteiger partial charge in [0.1, 0.15) is 5.03 Å². The summed E-state index contributed by atoms with van der Waals surface area (Å²) in [5.74, 6) is 0. The van der Waals surface area contributed by atoms with Gasteiger partial charge >= 0.3 is 0 Å². The van der Waals surface area contributed by atoms with Crippen molar-refractivity contribution in [3.05, 3.63) is 52.1 Å². The predicted molar refractivity (Wildman–Crippen MR) is 72.0 cm³/mol. The molecule has 0 bridgehead atoms. The van der Waals surface area contributed by atoms with Crippen LogP contribution in [0.3, 0.4) is 0 Å². The lowest BCUT2D eigenvalue weighted by atomic mass is 10.2. The van der Waals surface area contributed by atoms with Gasteiger partial charge in [0.05, 0.1) is 0 Å². The average molecular weight is 294 g/mol. The Kier molecular flexibility index (Phi) is 3.66. The van der Waals surface area contributed by atoms with Crippen molar-refractivity contribution in [3.8, 4) is 0 Å². The van der Waals surface area contributed by atoms with Crippen LogP contribution in [0.2, 0.25) is 0 Å². The predicted octanol–water partition coefficient (Wildman–Crippen LogP) is 4.61. The van der Waals surface area contributed by atoms with E-state index in [9.17, 15) is 0 Å². The monoisotopic (exact) mass is 293 g/mol. The maximum absolute atomic E-state index is 4.37. The van der Waals surface area contributed by atoms with Crippen LogP contribution in [0.15, 0.2) is 50.9 Å². The zero-order chi connectivity index (χ0) is 11.5. The lowest BCUT2D eigenvalue weighted by Gasteiger charge is -2.03. The van der Waals surface area contributed by atoms with E-state index < -0.39 is 0 Å². The van der Waals surface area contributed by atoms with Crippen molar-refractivity contribution in [1.29, 1.82) is 0 Å². The largest absolute Gasteiger partial charge is 0.248 e. The van der Waals surface area contributed by atoms with Crippen LogP contribution in [0.5, 0.6) is 0 Å². The highest BCUT2D eigenvalue weighted by Gasteiger charge is 2.01. The van der Waals surface area contributed by atoms with Crippen molar-refractivity contribution in [2.45, 2.75) is 23.8 Å². The number of benzene rings is 1. The molecule has 0 fully saturated rings. The molecule has 1 nitrogen and oxygen atoms in total. The van der Waals surface area contributed by atoms with E-state index in [1.165, 1.54) is 16.0 Å². The smallest absolute Gasteiger partial charge is 0.101 e. The number of halogens is 1. The molecule has 1 heterocycles. The summed E-state index contributed by atoms with van der Waals surface area (Å²) in [7, 11) is 0. The highest BCUT2D eigenvalue weighted by molar-refractivity contribution is 9.10. The first-order chi connectivity index (χ1) is 7.65. The number of nitrogens with zero attached hydrogens (tertiary/aromatic N) is 1. The highest BCUT2D eigenvalue weighted by atomic mass is 79.9. The van der Waals surface area contributed by atoms with Crippen molar-refractivity contribution < 1.29 is 0 Å². The van der Waals surface area contributed by atoms with Crippen LogP contribution in [0.25, 0.3) is 0 Å². The summed E-state index contributed by atoms with van der Waals surface area (Å²) in [6.45, 7) is 4.17. The molecule has 16 heavy (non-hydrogen) atoms. The van der Waals surface area contributed by atoms with E-state index in [1.54, 1.807) is 11.8 Å². The Morgan fingerprint density at radius 2 is 1.81 bits per heavy atom. The summed E-state index contributed by atoms with van der Waals surface area (Å²) in [6, 6.07) is 10.6. The minimum Gasteiger partial charge on any atom is -0.248 e.